The molecule has 2 nitrogen and oxygen atoms in total. The third-order valence-electron chi connectivity index (χ3n) is 3.80. The highest BCUT2D eigenvalue weighted by Gasteiger charge is 2.38. The van der Waals surface area contributed by atoms with Gasteiger partial charge >= 0.3 is 0 Å². The molecular weight excluding hydrogens is 230 g/mol. The Hall–Kier alpha value is -0.670. The van der Waals surface area contributed by atoms with Gasteiger partial charge in [0, 0.05) is 0 Å². The lowest BCUT2D eigenvalue weighted by Gasteiger charge is -2.42. The van der Waals surface area contributed by atoms with E-state index in [1.807, 2.05) is 0 Å². The van der Waals surface area contributed by atoms with Gasteiger partial charge in [0.25, 0.3) is 0 Å². The van der Waals surface area contributed by atoms with E-state index in [9.17, 15) is 0 Å². The molecule has 1 N–H and O–H groups in total. The zero-order valence-corrected chi connectivity index (χ0v) is 11.1. The quantitative estimate of drug-likeness (QED) is 0.827. The first-order valence-electron chi connectivity index (χ1n) is 6.40. The number of fused-ring (bicyclic) bond motifs is 2. The molecule has 1 unspecified atom stereocenters. The van der Waals surface area contributed by atoms with Gasteiger partial charge in [0.05, 0.1) is 12.0 Å². The molecule has 1 heterocycles. The molecule has 1 spiro atoms. The second-order valence-electron chi connectivity index (χ2n) is 4.83. The number of hydrogen-bond donors (Lipinski definition) is 1. The molecule has 1 saturated heterocycles. The van der Waals surface area contributed by atoms with Gasteiger partial charge < -0.3 is 4.74 Å². The summed E-state index contributed by atoms with van der Waals surface area (Å²) in [7, 11) is 1.74. The van der Waals surface area contributed by atoms with Crippen LogP contribution in [0.3, 0.4) is 0 Å². The molecule has 0 amide bonds. The first kappa shape index (κ1) is 11.4. The minimum Gasteiger partial charge on any atom is -0.497 e. The van der Waals surface area contributed by atoms with Crippen LogP contribution < -0.4 is 10.1 Å². The van der Waals surface area contributed by atoms with Gasteiger partial charge in [-0.2, -0.15) is 0 Å². The molecule has 17 heavy (non-hydrogen) atoms. The number of rotatable bonds is 1. The molecule has 0 bridgehead atoms. The van der Waals surface area contributed by atoms with Crippen molar-refractivity contribution in [2.24, 2.45) is 0 Å². The van der Waals surface area contributed by atoms with Crippen molar-refractivity contribution in [3.05, 3.63) is 29.3 Å². The topological polar surface area (TPSA) is 21.3 Å². The van der Waals surface area contributed by atoms with Crippen LogP contribution in [0, 0.1) is 0 Å². The second-order valence-corrected chi connectivity index (χ2v) is 6.23. The Morgan fingerprint density at radius 1 is 1.35 bits per heavy atom. The fraction of sp³-hybridized carbons (Fsp3) is 0.571. The highest BCUT2D eigenvalue weighted by atomic mass is 32.2. The summed E-state index contributed by atoms with van der Waals surface area (Å²) in [4.78, 5) is 0.193. The fourth-order valence-electron chi connectivity index (χ4n) is 2.95. The van der Waals surface area contributed by atoms with Gasteiger partial charge in [-0.1, -0.05) is 6.07 Å². The Morgan fingerprint density at radius 3 is 3.06 bits per heavy atom. The lowest BCUT2D eigenvalue weighted by Crippen LogP contribution is -2.45. The molecule has 0 aromatic heterocycles. The van der Waals surface area contributed by atoms with E-state index in [-0.39, 0.29) is 4.87 Å². The average Bonchev–Trinajstić information content (AvgIpc) is 2.39. The third kappa shape index (κ3) is 1.95. The van der Waals surface area contributed by atoms with E-state index in [4.69, 9.17) is 4.74 Å². The van der Waals surface area contributed by atoms with Gasteiger partial charge in [-0.05, 0) is 61.2 Å². The maximum atomic E-state index is 5.33. The smallest absolute Gasteiger partial charge is 0.119 e. The van der Waals surface area contributed by atoms with Gasteiger partial charge in [0.2, 0.25) is 0 Å². The van der Waals surface area contributed by atoms with E-state index in [0.29, 0.717) is 0 Å². The van der Waals surface area contributed by atoms with Crippen LogP contribution in [0.1, 0.15) is 30.4 Å². The number of thioether (sulfide) groups is 1. The maximum Gasteiger partial charge on any atom is 0.119 e. The molecule has 3 heteroatoms. The van der Waals surface area contributed by atoms with Crippen LogP contribution in [0.2, 0.25) is 0 Å². The van der Waals surface area contributed by atoms with Crippen molar-refractivity contribution in [2.45, 2.75) is 30.6 Å². The van der Waals surface area contributed by atoms with E-state index in [0.717, 1.165) is 12.3 Å². The fourth-order valence-corrected chi connectivity index (χ4v) is 4.44. The SMILES string of the molecule is COc1ccc2c(c1)CCCC21NCCCS1. The van der Waals surface area contributed by atoms with Crippen molar-refractivity contribution in [3.63, 3.8) is 0 Å². The Kier molecular flexibility index (Phi) is 3.05. The summed E-state index contributed by atoms with van der Waals surface area (Å²) in [5.74, 6) is 2.26. The average molecular weight is 249 g/mol. The lowest BCUT2D eigenvalue weighted by molar-refractivity contribution is 0.396. The zero-order valence-electron chi connectivity index (χ0n) is 10.3. The van der Waals surface area contributed by atoms with Crippen LogP contribution in [0.15, 0.2) is 18.2 Å². The summed E-state index contributed by atoms with van der Waals surface area (Å²) in [5, 5.41) is 3.75. The number of methoxy groups -OCH3 is 1. The van der Waals surface area contributed by atoms with E-state index in [1.54, 1.807) is 7.11 Å². The van der Waals surface area contributed by atoms with Gasteiger partial charge in [0.15, 0.2) is 0 Å². The zero-order chi connectivity index (χ0) is 11.7. The van der Waals surface area contributed by atoms with Crippen LogP contribution in [-0.2, 0) is 11.3 Å². The molecule has 92 valence electrons. The molecule has 1 atom stereocenters. The molecular formula is C14H19NOS. The lowest BCUT2D eigenvalue weighted by atomic mass is 9.86. The second kappa shape index (κ2) is 4.54. The molecule has 0 saturated carbocycles. The molecule has 0 radical (unpaired) electrons. The van der Waals surface area contributed by atoms with Gasteiger partial charge in [0.1, 0.15) is 5.75 Å². The summed E-state index contributed by atoms with van der Waals surface area (Å²) in [6.45, 7) is 1.15. The summed E-state index contributed by atoms with van der Waals surface area (Å²) in [6.07, 6.45) is 5.02. The number of nitrogens with one attached hydrogen (secondary N) is 1. The normalized spacial score (nSPS) is 27.8. The van der Waals surface area contributed by atoms with Crippen LogP contribution in [0.25, 0.3) is 0 Å². The summed E-state index contributed by atoms with van der Waals surface area (Å²) in [5.41, 5.74) is 2.96. The van der Waals surface area contributed by atoms with Crippen molar-refractivity contribution in [2.75, 3.05) is 19.4 Å². The predicted octanol–water partition coefficient (Wildman–Crippen LogP) is 2.91. The number of ether oxygens (including phenoxy) is 1. The number of hydrogen-bond acceptors (Lipinski definition) is 3. The maximum absolute atomic E-state index is 5.33. The van der Waals surface area contributed by atoms with Crippen LogP contribution in [0.4, 0.5) is 0 Å². The van der Waals surface area contributed by atoms with Crippen LogP contribution in [-0.4, -0.2) is 19.4 Å². The van der Waals surface area contributed by atoms with Crippen LogP contribution in [0.5, 0.6) is 5.75 Å². The molecule has 3 rings (SSSR count). The molecule has 1 aliphatic carbocycles. The molecule has 1 aromatic carbocycles. The first-order chi connectivity index (χ1) is 8.34. The standard InChI is InChI=1S/C14H19NOS/c1-16-12-5-6-13-11(10-12)4-2-7-14(13)15-8-3-9-17-14/h5-6,10,15H,2-4,7-9H2,1H3. The van der Waals surface area contributed by atoms with Crippen LogP contribution >= 0.6 is 11.8 Å². The summed E-state index contributed by atoms with van der Waals surface area (Å²) < 4.78 is 5.33. The highest BCUT2D eigenvalue weighted by Crippen LogP contribution is 2.46. The highest BCUT2D eigenvalue weighted by molar-refractivity contribution is 8.00. The molecule has 1 fully saturated rings. The van der Waals surface area contributed by atoms with Crippen molar-refractivity contribution in [1.82, 2.24) is 5.32 Å². The van der Waals surface area contributed by atoms with E-state index in [2.05, 4.69) is 35.3 Å². The van der Waals surface area contributed by atoms with E-state index >= 15 is 0 Å². The molecule has 2 aliphatic rings. The third-order valence-corrected chi connectivity index (χ3v) is 5.36. The van der Waals surface area contributed by atoms with E-state index in [1.165, 1.54) is 42.6 Å². The van der Waals surface area contributed by atoms with Crippen molar-refractivity contribution in [3.8, 4) is 5.75 Å². The minimum atomic E-state index is 0.193. The van der Waals surface area contributed by atoms with Crippen molar-refractivity contribution < 1.29 is 4.74 Å². The van der Waals surface area contributed by atoms with Crippen molar-refractivity contribution >= 4 is 11.8 Å². The van der Waals surface area contributed by atoms with Gasteiger partial charge in [-0.3, -0.25) is 5.32 Å². The number of aryl methyl sites for hydroxylation is 1. The molecule has 1 aromatic rings. The number of benzene rings is 1. The largest absolute Gasteiger partial charge is 0.497 e. The predicted molar refractivity (Wildman–Crippen MR) is 72.7 cm³/mol. The monoisotopic (exact) mass is 249 g/mol. The Labute approximate surface area is 107 Å². The Balaban J connectivity index is 2.01. The Bertz CT molecular complexity index is 413. The summed E-state index contributed by atoms with van der Waals surface area (Å²) >= 11 is 2.09. The molecule has 1 aliphatic heterocycles. The first-order valence-corrected chi connectivity index (χ1v) is 7.39. The van der Waals surface area contributed by atoms with Gasteiger partial charge in [-0.25, -0.2) is 0 Å². The minimum absolute atomic E-state index is 0.193. The van der Waals surface area contributed by atoms with Gasteiger partial charge in [-0.15, -0.1) is 11.8 Å². The van der Waals surface area contributed by atoms with Crippen molar-refractivity contribution in [1.29, 1.82) is 0 Å². The van der Waals surface area contributed by atoms with E-state index < -0.39 is 0 Å². The Morgan fingerprint density at radius 2 is 2.29 bits per heavy atom. The summed E-state index contributed by atoms with van der Waals surface area (Å²) in [6, 6.07) is 6.58.